The molecule has 0 amide bonds. The van der Waals surface area contributed by atoms with E-state index < -0.39 is 0 Å². The molecule has 0 saturated carbocycles. The van der Waals surface area contributed by atoms with Crippen molar-refractivity contribution in [1.29, 1.82) is 0 Å². The Morgan fingerprint density at radius 1 is 1.50 bits per heavy atom. The van der Waals surface area contributed by atoms with Gasteiger partial charge in [0, 0.05) is 19.8 Å². The molecule has 0 atom stereocenters. The average Bonchev–Trinajstić information content (AvgIpc) is 2.19. The number of nitrogens with one attached hydrogen (secondary N) is 1. The molecule has 0 aliphatic rings. The van der Waals surface area contributed by atoms with E-state index in [1.165, 1.54) is 0 Å². The van der Waals surface area contributed by atoms with Crippen LogP contribution in [0.5, 0.6) is 0 Å². The Kier molecular flexibility index (Phi) is 8.62. The molecule has 0 heterocycles. The van der Waals surface area contributed by atoms with Crippen LogP contribution in [0.3, 0.4) is 0 Å². The monoisotopic (exact) mass is 227 g/mol. The molecule has 3 N–H and O–H groups in total. The lowest BCUT2D eigenvalue weighted by Gasteiger charge is -2.08. The van der Waals surface area contributed by atoms with E-state index in [1.54, 1.807) is 0 Å². The maximum Gasteiger partial charge on any atom is 0.188 e. The summed E-state index contributed by atoms with van der Waals surface area (Å²) in [6.45, 7) is 12.9. The standard InChI is InChI=1S/C12H25N3O/c1-10(2)8-15-12(13)14-6-5-7-16-9-11(3)4/h11H,1,5-9H2,2-4H3,(H3,13,14,15). The van der Waals surface area contributed by atoms with Crippen molar-refractivity contribution in [3.8, 4) is 0 Å². The quantitative estimate of drug-likeness (QED) is 0.286. The lowest BCUT2D eigenvalue weighted by molar-refractivity contribution is 0.108. The third-order valence-electron chi connectivity index (χ3n) is 1.74. The van der Waals surface area contributed by atoms with Gasteiger partial charge in [0.25, 0.3) is 0 Å². The molecule has 4 heteroatoms. The largest absolute Gasteiger partial charge is 0.381 e. The van der Waals surface area contributed by atoms with Gasteiger partial charge >= 0.3 is 0 Å². The lowest BCUT2D eigenvalue weighted by atomic mass is 10.2. The van der Waals surface area contributed by atoms with Crippen LogP contribution in [-0.2, 0) is 4.74 Å². The van der Waals surface area contributed by atoms with Gasteiger partial charge in [-0.25, -0.2) is 4.99 Å². The van der Waals surface area contributed by atoms with Crippen LogP contribution in [0.2, 0.25) is 0 Å². The second kappa shape index (κ2) is 9.21. The summed E-state index contributed by atoms with van der Waals surface area (Å²) in [7, 11) is 0. The molecule has 0 radical (unpaired) electrons. The summed E-state index contributed by atoms with van der Waals surface area (Å²) in [6, 6.07) is 0. The van der Waals surface area contributed by atoms with Gasteiger partial charge in [0.05, 0.1) is 6.54 Å². The van der Waals surface area contributed by atoms with Crippen LogP contribution in [0, 0.1) is 5.92 Å². The molecule has 0 aromatic carbocycles. The van der Waals surface area contributed by atoms with Crippen LogP contribution >= 0.6 is 0 Å². The molecule has 0 fully saturated rings. The SMILES string of the molecule is C=C(C)CN=C(N)NCCCOCC(C)C. The number of hydrogen-bond donors (Lipinski definition) is 2. The number of aliphatic imine (C=N–C) groups is 1. The summed E-state index contributed by atoms with van der Waals surface area (Å²) in [6.07, 6.45) is 0.940. The summed E-state index contributed by atoms with van der Waals surface area (Å²) >= 11 is 0. The molecule has 0 rings (SSSR count). The Balaban J connectivity index is 3.37. The second-order valence-corrected chi connectivity index (χ2v) is 4.41. The highest BCUT2D eigenvalue weighted by Crippen LogP contribution is 1.92. The summed E-state index contributed by atoms with van der Waals surface area (Å²) in [4.78, 5) is 4.11. The summed E-state index contributed by atoms with van der Waals surface area (Å²) in [5, 5.41) is 3.03. The highest BCUT2D eigenvalue weighted by atomic mass is 16.5. The molecule has 0 aromatic rings. The van der Waals surface area contributed by atoms with Gasteiger partial charge < -0.3 is 15.8 Å². The van der Waals surface area contributed by atoms with Crippen molar-refractivity contribution >= 4 is 5.96 Å². The van der Waals surface area contributed by atoms with Gasteiger partial charge in [-0.05, 0) is 19.3 Å². The van der Waals surface area contributed by atoms with Crippen molar-refractivity contribution in [1.82, 2.24) is 5.32 Å². The van der Waals surface area contributed by atoms with Crippen molar-refractivity contribution < 1.29 is 4.74 Å². The molecular formula is C12H25N3O. The smallest absolute Gasteiger partial charge is 0.188 e. The summed E-state index contributed by atoms with van der Waals surface area (Å²) in [5.74, 6) is 1.07. The third kappa shape index (κ3) is 11.0. The normalized spacial score (nSPS) is 11.9. The Morgan fingerprint density at radius 2 is 2.19 bits per heavy atom. The van der Waals surface area contributed by atoms with Gasteiger partial charge in [0.1, 0.15) is 0 Å². The number of ether oxygens (including phenoxy) is 1. The maximum absolute atomic E-state index is 5.64. The molecule has 0 saturated heterocycles. The van der Waals surface area contributed by atoms with Gasteiger partial charge in [-0.1, -0.05) is 26.0 Å². The second-order valence-electron chi connectivity index (χ2n) is 4.41. The topological polar surface area (TPSA) is 59.6 Å². The van der Waals surface area contributed by atoms with Crippen molar-refractivity contribution in [3.05, 3.63) is 12.2 Å². The minimum atomic E-state index is 0.479. The van der Waals surface area contributed by atoms with Crippen LogP contribution < -0.4 is 11.1 Å². The number of hydrogen-bond acceptors (Lipinski definition) is 2. The van der Waals surface area contributed by atoms with E-state index in [1.807, 2.05) is 6.92 Å². The van der Waals surface area contributed by atoms with E-state index in [0.717, 1.165) is 31.8 Å². The van der Waals surface area contributed by atoms with Crippen LogP contribution in [0.4, 0.5) is 0 Å². The molecule has 0 bridgehead atoms. The number of nitrogens with zero attached hydrogens (tertiary/aromatic N) is 1. The number of nitrogens with two attached hydrogens (primary N) is 1. The van der Waals surface area contributed by atoms with Gasteiger partial charge in [-0.3, -0.25) is 0 Å². The molecule has 0 aromatic heterocycles. The van der Waals surface area contributed by atoms with Gasteiger partial charge in [0.2, 0.25) is 0 Å². The van der Waals surface area contributed by atoms with Gasteiger partial charge in [-0.2, -0.15) is 0 Å². The van der Waals surface area contributed by atoms with Crippen molar-refractivity contribution in [2.24, 2.45) is 16.6 Å². The van der Waals surface area contributed by atoms with E-state index in [4.69, 9.17) is 10.5 Å². The molecule has 0 aliphatic carbocycles. The minimum Gasteiger partial charge on any atom is -0.381 e. The zero-order chi connectivity index (χ0) is 12.4. The zero-order valence-electron chi connectivity index (χ0n) is 10.8. The fourth-order valence-corrected chi connectivity index (χ4v) is 0.986. The molecule has 0 aliphatic heterocycles. The fourth-order valence-electron chi connectivity index (χ4n) is 0.986. The van der Waals surface area contributed by atoms with Crippen molar-refractivity contribution in [3.63, 3.8) is 0 Å². The zero-order valence-corrected chi connectivity index (χ0v) is 10.8. The van der Waals surface area contributed by atoms with Crippen LogP contribution in [0.15, 0.2) is 17.1 Å². The first kappa shape index (κ1) is 15.0. The first-order valence-electron chi connectivity index (χ1n) is 5.78. The Hall–Kier alpha value is -1.03. The molecule has 16 heavy (non-hydrogen) atoms. The lowest BCUT2D eigenvalue weighted by Crippen LogP contribution is -2.33. The number of guanidine groups is 1. The van der Waals surface area contributed by atoms with Gasteiger partial charge in [0.15, 0.2) is 5.96 Å². The van der Waals surface area contributed by atoms with E-state index >= 15 is 0 Å². The van der Waals surface area contributed by atoms with Gasteiger partial charge in [-0.15, -0.1) is 0 Å². The summed E-state index contributed by atoms with van der Waals surface area (Å²) in [5.41, 5.74) is 6.65. The van der Waals surface area contributed by atoms with E-state index in [9.17, 15) is 0 Å². The molecule has 4 nitrogen and oxygen atoms in total. The average molecular weight is 227 g/mol. The first-order valence-corrected chi connectivity index (χ1v) is 5.78. The Morgan fingerprint density at radius 3 is 2.75 bits per heavy atom. The molecular weight excluding hydrogens is 202 g/mol. The first-order chi connectivity index (χ1) is 7.52. The highest BCUT2D eigenvalue weighted by molar-refractivity contribution is 5.77. The maximum atomic E-state index is 5.64. The van der Waals surface area contributed by atoms with E-state index in [2.05, 4.69) is 30.7 Å². The summed E-state index contributed by atoms with van der Waals surface area (Å²) < 4.78 is 5.44. The molecule has 94 valence electrons. The third-order valence-corrected chi connectivity index (χ3v) is 1.74. The predicted octanol–water partition coefficient (Wildman–Crippen LogP) is 1.53. The molecule has 0 spiro atoms. The van der Waals surface area contributed by atoms with Crippen molar-refractivity contribution in [2.45, 2.75) is 27.2 Å². The molecule has 0 unspecified atom stereocenters. The van der Waals surface area contributed by atoms with Crippen LogP contribution in [0.25, 0.3) is 0 Å². The highest BCUT2D eigenvalue weighted by Gasteiger charge is 1.94. The number of rotatable bonds is 8. The Labute approximate surface area is 99.0 Å². The Bertz CT molecular complexity index is 224. The predicted molar refractivity (Wildman–Crippen MR) is 69.6 cm³/mol. The fraction of sp³-hybridized carbons (Fsp3) is 0.750. The van der Waals surface area contributed by atoms with Crippen LogP contribution in [0.1, 0.15) is 27.2 Å². The van der Waals surface area contributed by atoms with Crippen LogP contribution in [-0.4, -0.2) is 32.3 Å². The minimum absolute atomic E-state index is 0.479. The van der Waals surface area contributed by atoms with E-state index in [0.29, 0.717) is 18.4 Å². The van der Waals surface area contributed by atoms with Crippen molar-refractivity contribution in [2.75, 3.05) is 26.3 Å². The van der Waals surface area contributed by atoms with E-state index in [-0.39, 0.29) is 0 Å².